The zero-order valence-electron chi connectivity index (χ0n) is 15.2. The molecule has 0 aliphatic heterocycles. The van der Waals surface area contributed by atoms with E-state index in [1.807, 2.05) is 6.92 Å². The van der Waals surface area contributed by atoms with Crippen LogP contribution in [0, 0.1) is 5.82 Å². The van der Waals surface area contributed by atoms with Crippen LogP contribution in [-0.4, -0.2) is 27.5 Å². The maximum absolute atomic E-state index is 14.7. The SMILES string of the molecule is CC1(NC(=O)c2ccnc(Nc3c(F)cc(C(=O)O)cc3C3CC3)c2Cl)CC1. The highest BCUT2D eigenvalue weighted by atomic mass is 35.5. The van der Waals surface area contributed by atoms with E-state index in [0.717, 1.165) is 31.7 Å². The molecule has 3 N–H and O–H groups in total. The first-order chi connectivity index (χ1) is 13.3. The Morgan fingerprint density at radius 3 is 2.64 bits per heavy atom. The molecule has 1 heterocycles. The highest BCUT2D eigenvalue weighted by Gasteiger charge is 2.39. The van der Waals surface area contributed by atoms with E-state index in [0.29, 0.717) is 5.56 Å². The first-order valence-corrected chi connectivity index (χ1v) is 9.46. The summed E-state index contributed by atoms with van der Waals surface area (Å²) < 4.78 is 14.7. The van der Waals surface area contributed by atoms with Gasteiger partial charge in [-0.1, -0.05) is 11.6 Å². The molecule has 0 spiro atoms. The van der Waals surface area contributed by atoms with Crippen LogP contribution in [0.1, 0.15) is 64.8 Å². The van der Waals surface area contributed by atoms with E-state index in [1.54, 1.807) is 0 Å². The summed E-state index contributed by atoms with van der Waals surface area (Å²) in [6.07, 6.45) is 4.98. The van der Waals surface area contributed by atoms with Crippen LogP contribution < -0.4 is 10.6 Å². The number of hydrogen-bond acceptors (Lipinski definition) is 4. The standard InChI is InChI=1S/C20H19ClFN3O3/c1-20(5-6-20)25-18(26)12-4-7-23-17(15(12)21)24-16-13(10-2-3-10)8-11(19(27)28)9-14(16)22/h4,7-10H,2-3,5-6H2,1H3,(H,23,24)(H,25,26)(H,27,28). The molecule has 2 saturated carbocycles. The lowest BCUT2D eigenvalue weighted by Gasteiger charge is -2.16. The molecule has 28 heavy (non-hydrogen) atoms. The molecule has 0 radical (unpaired) electrons. The number of nitrogens with one attached hydrogen (secondary N) is 2. The van der Waals surface area contributed by atoms with Crippen molar-refractivity contribution in [2.75, 3.05) is 5.32 Å². The number of rotatable bonds is 6. The molecule has 0 bridgehead atoms. The molecule has 1 amide bonds. The molecule has 0 saturated heterocycles. The van der Waals surface area contributed by atoms with Crippen LogP contribution in [0.2, 0.25) is 5.02 Å². The molecule has 2 fully saturated rings. The second kappa shape index (κ2) is 6.74. The average Bonchev–Trinajstić information content (AvgIpc) is 3.55. The zero-order chi connectivity index (χ0) is 20.1. The summed E-state index contributed by atoms with van der Waals surface area (Å²) in [4.78, 5) is 27.9. The predicted octanol–water partition coefficient (Wildman–Crippen LogP) is 4.48. The van der Waals surface area contributed by atoms with Gasteiger partial charge in [0.1, 0.15) is 11.6 Å². The van der Waals surface area contributed by atoms with Crippen molar-refractivity contribution in [3.8, 4) is 0 Å². The Kier molecular flexibility index (Phi) is 4.50. The highest BCUT2D eigenvalue weighted by Crippen LogP contribution is 2.45. The lowest BCUT2D eigenvalue weighted by molar-refractivity contribution is 0.0696. The molecule has 2 aliphatic rings. The van der Waals surface area contributed by atoms with Crippen LogP contribution in [0.25, 0.3) is 0 Å². The predicted molar refractivity (Wildman–Crippen MR) is 103 cm³/mol. The summed E-state index contributed by atoms with van der Waals surface area (Å²) in [7, 11) is 0. The van der Waals surface area contributed by atoms with Gasteiger partial charge in [-0.25, -0.2) is 14.2 Å². The number of aromatic nitrogens is 1. The van der Waals surface area contributed by atoms with Crippen LogP contribution >= 0.6 is 11.6 Å². The van der Waals surface area contributed by atoms with E-state index in [9.17, 15) is 19.1 Å². The molecular formula is C20H19ClFN3O3. The Bertz CT molecular complexity index is 987. The molecule has 2 aliphatic carbocycles. The second-order valence-corrected chi connectivity index (χ2v) is 8.04. The Hall–Kier alpha value is -2.67. The van der Waals surface area contributed by atoms with Crippen molar-refractivity contribution in [3.05, 3.63) is 51.9 Å². The van der Waals surface area contributed by atoms with E-state index in [-0.39, 0.29) is 45.0 Å². The minimum absolute atomic E-state index is 0.0905. The number of carbonyl (C=O) groups is 2. The van der Waals surface area contributed by atoms with Crippen molar-refractivity contribution < 1.29 is 19.1 Å². The van der Waals surface area contributed by atoms with E-state index in [2.05, 4.69) is 15.6 Å². The normalized spacial score (nSPS) is 17.1. The molecule has 2 aromatic rings. The largest absolute Gasteiger partial charge is 0.478 e. The number of pyridine rings is 1. The van der Waals surface area contributed by atoms with E-state index in [1.165, 1.54) is 18.3 Å². The van der Waals surface area contributed by atoms with Gasteiger partial charge in [0.15, 0.2) is 0 Å². The lowest BCUT2D eigenvalue weighted by Crippen LogP contribution is -2.34. The highest BCUT2D eigenvalue weighted by molar-refractivity contribution is 6.36. The molecule has 1 aromatic heterocycles. The summed E-state index contributed by atoms with van der Waals surface area (Å²) in [5, 5.41) is 15.1. The lowest BCUT2D eigenvalue weighted by atomic mass is 10.0. The topological polar surface area (TPSA) is 91.3 Å². The van der Waals surface area contributed by atoms with Gasteiger partial charge >= 0.3 is 5.97 Å². The summed E-state index contributed by atoms with van der Waals surface area (Å²) >= 11 is 6.38. The van der Waals surface area contributed by atoms with Gasteiger partial charge < -0.3 is 15.7 Å². The van der Waals surface area contributed by atoms with Crippen LogP contribution in [0.3, 0.4) is 0 Å². The molecule has 146 valence electrons. The van der Waals surface area contributed by atoms with Gasteiger partial charge in [-0.15, -0.1) is 0 Å². The van der Waals surface area contributed by atoms with E-state index >= 15 is 0 Å². The van der Waals surface area contributed by atoms with Crippen molar-refractivity contribution in [2.45, 2.75) is 44.1 Å². The van der Waals surface area contributed by atoms with Gasteiger partial charge in [0.2, 0.25) is 0 Å². The van der Waals surface area contributed by atoms with Crippen LogP contribution in [0.4, 0.5) is 15.9 Å². The third-order valence-electron chi connectivity index (χ3n) is 5.18. The monoisotopic (exact) mass is 403 g/mol. The molecule has 4 rings (SSSR count). The molecule has 0 unspecified atom stereocenters. The Morgan fingerprint density at radius 2 is 2.04 bits per heavy atom. The molecule has 0 atom stereocenters. The Labute approximate surface area is 166 Å². The summed E-state index contributed by atoms with van der Waals surface area (Å²) in [5.74, 6) is -1.94. The van der Waals surface area contributed by atoms with Crippen LogP contribution in [0.15, 0.2) is 24.4 Å². The number of amides is 1. The van der Waals surface area contributed by atoms with E-state index in [4.69, 9.17) is 11.6 Å². The molecule has 1 aromatic carbocycles. The molecule has 6 nitrogen and oxygen atoms in total. The fraction of sp³-hybridized carbons (Fsp3) is 0.350. The fourth-order valence-corrected chi connectivity index (χ4v) is 3.32. The smallest absolute Gasteiger partial charge is 0.335 e. The Morgan fingerprint density at radius 1 is 1.32 bits per heavy atom. The maximum atomic E-state index is 14.7. The number of aromatic carboxylic acids is 1. The average molecular weight is 404 g/mol. The van der Waals surface area contributed by atoms with Gasteiger partial charge in [-0.2, -0.15) is 0 Å². The summed E-state index contributed by atoms with van der Waals surface area (Å²) in [5.41, 5.74) is 0.678. The molecular weight excluding hydrogens is 385 g/mol. The number of halogens is 2. The number of carboxylic acids is 1. The summed E-state index contributed by atoms with van der Waals surface area (Å²) in [6, 6.07) is 3.96. The van der Waals surface area contributed by atoms with Gasteiger partial charge in [-0.05, 0) is 62.3 Å². The first kappa shape index (κ1) is 18.7. The Balaban J connectivity index is 1.67. The van der Waals surface area contributed by atoms with E-state index < -0.39 is 11.8 Å². The minimum Gasteiger partial charge on any atom is -0.478 e. The van der Waals surface area contributed by atoms with Crippen LogP contribution in [-0.2, 0) is 0 Å². The number of hydrogen-bond donors (Lipinski definition) is 3. The number of carbonyl (C=O) groups excluding carboxylic acids is 1. The number of carboxylic acid groups (broad SMARTS) is 1. The van der Waals surface area contributed by atoms with Gasteiger partial charge in [0, 0.05) is 11.7 Å². The van der Waals surface area contributed by atoms with Gasteiger partial charge in [0.25, 0.3) is 5.91 Å². The second-order valence-electron chi connectivity index (χ2n) is 7.66. The van der Waals surface area contributed by atoms with Crippen molar-refractivity contribution in [1.82, 2.24) is 10.3 Å². The van der Waals surface area contributed by atoms with Crippen molar-refractivity contribution in [1.29, 1.82) is 0 Å². The molecule has 8 heteroatoms. The third-order valence-corrected chi connectivity index (χ3v) is 5.56. The van der Waals surface area contributed by atoms with Crippen molar-refractivity contribution >= 4 is 35.0 Å². The number of anilines is 2. The zero-order valence-corrected chi connectivity index (χ0v) is 15.9. The first-order valence-electron chi connectivity index (χ1n) is 9.08. The van der Waals surface area contributed by atoms with Gasteiger partial charge in [0.05, 0.1) is 21.8 Å². The van der Waals surface area contributed by atoms with Crippen molar-refractivity contribution in [2.24, 2.45) is 0 Å². The van der Waals surface area contributed by atoms with Gasteiger partial charge in [-0.3, -0.25) is 4.79 Å². The number of benzene rings is 1. The third kappa shape index (κ3) is 3.67. The fourth-order valence-electron chi connectivity index (χ4n) is 3.08. The summed E-state index contributed by atoms with van der Waals surface area (Å²) in [6.45, 7) is 1.96. The maximum Gasteiger partial charge on any atom is 0.335 e. The van der Waals surface area contributed by atoms with Crippen molar-refractivity contribution in [3.63, 3.8) is 0 Å². The van der Waals surface area contributed by atoms with Crippen LogP contribution in [0.5, 0.6) is 0 Å². The minimum atomic E-state index is -1.18. The number of nitrogens with zero attached hydrogens (tertiary/aromatic N) is 1. The quantitative estimate of drug-likeness (QED) is 0.661.